The van der Waals surface area contributed by atoms with Gasteiger partial charge in [0.2, 0.25) is 0 Å². The average molecular weight is 333 g/mol. The molecule has 2 aromatic carbocycles. The molecule has 0 unspecified atom stereocenters. The number of benzene rings is 2. The summed E-state index contributed by atoms with van der Waals surface area (Å²) in [7, 11) is 0. The zero-order chi connectivity index (χ0) is 11.4. The minimum Gasteiger partial charge on any atom is -0.454 e. The number of hydrogen-bond acceptors (Lipinski definition) is 1. The van der Waals surface area contributed by atoms with Crippen LogP contribution >= 0.6 is 22.6 Å². The van der Waals surface area contributed by atoms with Crippen LogP contribution in [0.2, 0.25) is 0 Å². The van der Waals surface area contributed by atoms with Crippen molar-refractivity contribution in [2.45, 2.75) is 0 Å². The van der Waals surface area contributed by atoms with E-state index in [4.69, 9.17) is 4.42 Å². The Hall–Kier alpha value is -1.49. The van der Waals surface area contributed by atoms with Crippen molar-refractivity contribution in [1.82, 2.24) is 4.98 Å². The van der Waals surface area contributed by atoms with Crippen molar-refractivity contribution in [3.8, 4) is 0 Å². The van der Waals surface area contributed by atoms with Gasteiger partial charge in [-0.05, 0) is 52.9 Å². The Labute approximate surface area is 111 Å². The van der Waals surface area contributed by atoms with Crippen molar-refractivity contribution in [3.05, 3.63) is 46.0 Å². The molecule has 1 N–H and O–H groups in total. The Balaban J connectivity index is 2.30. The van der Waals surface area contributed by atoms with Crippen LogP contribution in [0.1, 0.15) is 0 Å². The number of aromatic amines is 1. The van der Waals surface area contributed by atoms with Crippen LogP contribution in [0.3, 0.4) is 0 Å². The third-order valence-corrected chi connectivity index (χ3v) is 3.75. The monoisotopic (exact) mass is 333 g/mol. The number of halogens is 1. The Morgan fingerprint density at radius 3 is 2.82 bits per heavy atom. The largest absolute Gasteiger partial charge is 0.454 e. The van der Waals surface area contributed by atoms with Gasteiger partial charge in [-0.25, -0.2) is 0 Å². The minimum absolute atomic E-state index is 0.942. The van der Waals surface area contributed by atoms with Gasteiger partial charge in [0.25, 0.3) is 0 Å². The van der Waals surface area contributed by atoms with Crippen LogP contribution in [0.5, 0.6) is 0 Å². The number of rotatable bonds is 0. The lowest BCUT2D eigenvalue weighted by atomic mass is 10.2. The molecule has 4 aromatic rings. The van der Waals surface area contributed by atoms with Gasteiger partial charge < -0.3 is 9.40 Å². The molecule has 4 rings (SSSR count). The summed E-state index contributed by atoms with van der Waals surface area (Å²) in [5.41, 5.74) is 4.12. The van der Waals surface area contributed by atoms with Gasteiger partial charge in [-0.15, -0.1) is 0 Å². The topological polar surface area (TPSA) is 28.9 Å². The third-order valence-electron chi connectivity index (χ3n) is 3.08. The molecule has 0 saturated heterocycles. The highest BCUT2D eigenvalue weighted by molar-refractivity contribution is 14.1. The molecule has 0 radical (unpaired) electrons. The van der Waals surface area contributed by atoms with Gasteiger partial charge >= 0.3 is 0 Å². The van der Waals surface area contributed by atoms with Gasteiger partial charge in [0.1, 0.15) is 5.58 Å². The Kier molecular flexibility index (Phi) is 1.83. The highest BCUT2D eigenvalue weighted by Crippen LogP contribution is 2.34. The number of H-pyrrole nitrogens is 1. The van der Waals surface area contributed by atoms with Gasteiger partial charge in [0, 0.05) is 19.9 Å². The van der Waals surface area contributed by atoms with Crippen molar-refractivity contribution in [2.75, 3.05) is 0 Å². The van der Waals surface area contributed by atoms with Crippen LogP contribution in [0.15, 0.2) is 46.9 Å². The quantitative estimate of drug-likeness (QED) is 0.466. The number of nitrogens with one attached hydrogen (secondary N) is 1. The third kappa shape index (κ3) is 1.26. The maximum absolute atomic E-state index is 5.93. The number of furan rings is 1. The second-order valence-corrected chi connectivity index (χ2v) is 5.36. The molecule has 2 heterocycles. The van der Waals surface area contributed by atoms with Crippen LogP contribution in [0.4, 0.5) is 0 Å². The van der Waals surface area contributed by atoms with E-state index in [1.165, 1.54) is 3.57 Å². The first-order valence-corrected chi connectivity index (χ1v) is 6.49. The fraction of sp³-hybridized carbons (Fsp3) is 0. The second kappa shape index (κ2) is 3.26. The zero-order valence-corrected chi connectivity index (χ0v) is 11.0. The molecule has 0 aliphatic heterocycles. The van der Waals surface area contributed by atoms with Crippen molar-refractivity contribution in [2.24, 2.45) is 0 Å². The normalized spacial score (nSPS) is 11.8. The van der Waals surface area contributed by atoms with Crippen molar-refractivity contribution < 1.29 is 4.42 Å². The van der Waals surface area contributed by atoms with E-state index < -0.39 is 0 Å². The van der Waals surface area contributed by atoms with E-state index in [1.54, 1.807) is 0 Å². The molecule has 0 aliphatic rings. The van der Waals surface area contributed by atoms with Gasteiger partial charge in [-0.1, -0.05) is 12.1 Å². The number of fused-ring (bicyclic) bond motifs is 5. The molecule has 0 aliphatic carbocycles. The van der Waals surface area contributed by atoms with Crippen molar-refractivity contribution in [1.29, 1.82) is 0 Å². The van der Waals surface area contributed by atoms with E-state index in [-0.39, 0.29) is 0 Å². The van der Waals surface area contributed by atoms with Crippen LogP contribution in [0.25, 0.3) is 33.0 Å². The van der Waals surface area contributed by atoms with Gasteiger partial charge in [0.15, 0.2) is 5.58 Å². The number of hydrogen-bond donors (Lipinski definition) is 1. The van der Waals surface area contributed by atoms with Crippen LogP contribution in [0, 0.1) is 3.57 Å². The maximum Gasteiger partial charge on any atom is 0.160 e. The highest BCUT2D eigenvalue weighted by Gasteiger charge is 2.12. The summed E-state index contributed by atoms with van der Waals surface area (Å²) in [6.45, 7) is 0. The van der Waals surface area contributed by atoms with E-state index in [9.17, 15) is 0 Å². The fourth-order valence-corrected chi connectivity index (χ4v) is 2.80. The SMILES string of the molecule is Ic1ccc2oc3c4ccccc4[nH]c3c2c1. The Morgan fingerprint density at radius 1 is 1.00 bits per heavy atom. The molecule has 2 aromatic heterocycles. The average Bonchev–Trinajstić information content (AvgIpc) is 2.85. The Morgan fingerprint density at radius 2 is 1.88 bits per heavy atom. The summed E-state index contributed by atoms with van der Waals surface area (Å²) < 4.78 is 7.15. The summed E-state index contributed by atoms with van der Waals surface area (Å²) in [5, 5.41) is 2.30. The lowest BCUT2D eigenvalue weighted by molar-refractivity contribution is 0.673. The predicted molar refractivity (Wildman–Crippen MR) is 78.3 cm³/mol. The molecule has 2 nitrogen and oxygen atoms in total. The molecule has 0 spiro atoms. The van der Waals surface area contributed by atoms with E-state index in [1.807, 2.05) is 18.2 Å². The minimum atomic E-state index is 0.942. The molecule has 82 valence electrons. The van der Waals surface area contributed by atoms with Crippen LogP contribution in [-0.4, -0.2) is 4.98 Å². The van der Waals surface area contributed by atoms with E-state index >= 15 is 0 Å². The van der Waals surface area contributed by atoms with Gasteiger partial charge in [0.05, 0.1) is 5.52 Å². The number of para-hydroxylation sites is 1. The van der Waals surface area contributed by atoms with E-state index in [0.717, 1.165) is 33.0 Å². The second-order valence-electron chi connectivity index (χ2n) is 4.12. The maximum atomic E-state index is 5.93. The molecule has 17 heavy (non-hydrogen) atoms. The van der Waals surface area contributed by atoms with Gasteiger partial charge in [-0.3, -0.25) is 0 Å². The first kappa shape index (κ1) is 9.53. The lowest BCUT2D eigenvalue weighted by Gasteiger charge is -1.91. The molecule has 0 saturated carbocycles. The lowest BCUT2D eigenvalue weighted by Crippen LogP contribution is -1.71. The Bertz CT molecular complexity index is 856. The van der Waals surface area contributed by atoms with Crippen LogP contribution in [-0.2, 0) is 0 Å². The van der Waals surface area contributed by atoms with E-state index in [2.05, 4.69) is 51.8 Å². The zero-order valence-electron chi connectivity index (χ0n) is 8.83. The first-order chi connectivity index (χ1) is 8.33. The van der Waals surface area contributed by atoms with Crippen molar-refractivity contribution >= 4 is 55.6 Å². The van der Waals surface area contributed by atoms with Crippen molar-refractivity contribution in [3.63, 3.8) is 0 Å². The summed E-state index contributed by atoms with van der Waals surface area (Å²) in [6, 6.07) is 14.5. The van der Waals surface area contributed by atoms with E-state index in [0.29, 0.717) is 0 Å². The highest BCUT2D eigenvalue weighted by atomic mass is 127. The summed E-state index contributed by atoms with van der Waals surface area (Å²) in [6.07, 6.45) is 0. The van der Waals surface area contributed by atoms with Gasteiger partial charge in [-0.2, -0.15) is 0 Å². The molecule has 0 atom stereocenters. The summed E-state index contributed by atoms with van der Waals surface area (Å²) in [4.78, 5) is 3.43. The predicted octanol–water partition coefficient (Wildman–Crippen LogP) is 4.67. The molecular weight excluding hydrogens is 325 g/mol. The standard InChI is InChI=1S/C14H8INO/c15-8-5-6-12-10(7-8)13-14(17-12)9-3-1-2-4-11(9)16-13/h1-7,16H. The summed E-state index contributed by atoms with van der Waals surface area (Å²) in [5.74, 6) is 0. The molecular formula is C14H8INO. The first-order valence-electron chi connectivity index (χ1n) is 5.41. The summed E-state index contributed by atoms with van der Waals surface area (Å²) >= 11 is 2.32. The fourth-order valence-electron chi connectivity index (χ4n) is 2.31. The molecule has 3 heteroatoms. The molecule has 0 amide bonds. The smallest absolute Gasteiger partial charge is 0.160 e. The molecule has 0 bridgehead atoms. The number of aromatic nitrogens is 1. The van der Waals surface area contributed by atoms with Crippen LogP contribution < -0.4 is 0 Å². The molecule has 0 fully saturated rings.